The van der Waals surface area contributed by atoms with E-state index < -0.39 is 54.2 Å². The Morgan fingerprint density at radius 2 is 1.40 bits per heavy atom. The molecule has 0 saturated heterocycles. The Balaban J connectivity index is 2.34. The molecule has 2 rings (SSSR count). The number of Topliss-reactive ketones (excluding diaryl/α,β-unsaturated/α-hetero) is 1. The molecule has 1 aliphatic rings. The summed E-state index contributed by atoms with van der Waals surface area (Å²) in [6, 6.07) is 4.72. The number of methoxy groups -OCH3 is 1. The van der Waals surface area contributed by atoms with Crippen LogP contribution in [0.15, 0.2) is 18.2 Å². The summed E-state index contributed by atoms with van der Waals surface area (Å²) in [5, 5.41) is 0. The lowest BCUT2D eigenvalue weighted by Crippen LogP contribution is -2.60. The number of carbonyl (C=O) groups excluding carboxylic acids is 5. The smallest absolute Gasteiger partial charge is 0.303 e. The van der Waals surface area contributed by atoms with E-state index in [-0.39, 0.29) is 30.3 Å². The predicted octanol–water partition coefficient (Wildman–Crippen LogP) is 3.60. The van der Waals surface area contributed by atoms with Crippen LogP contribution in [0.2, 0.25) is 0 Å². The van der Waals surface area contributed by atoms with Gasteiger partial charge in [0.05, 0.1) is 13.7 Å². The first-order chi connectivity index (χ1) is 20.0. The average Bonchev–Trinajstić information content (AvgIpc) is 2.92. The molecule has 12 heteroatoms. The van der Waals surface area contributed by atoms with Gasteiger partial charge in [-0.05, 0) is 37.5 Å². The normalized spacial score (nSPS) is 21.5. The summed E-state index contributed by atoms with van der Waals surface area (Å²) in [6.45, 7) is 7.83. The molecule has 0 heterocycles. The highest BCUT2D eigenvalue weighted by Crippen LogP contribution is 2.38. The minimum Gasteiger partial charge on any atom is -0.493 e. The Labute approximate surface area is 246 Å². The molecular weight excluding hydrogens is 552 g/mol. The highest BCUT2D eigenvalue weighted by atomic mass is 16.6. The first-order valence-corrected chi connectivity index (χ1v) is 14.1. The zero-order chi connectivity index (χ0) is 31.2. The molecule has 5 atom stereocenters. The quantitative estimate of drug-likeness (QED) is 0.119. The van der Waals surface area contributed by atoms with E-state index in [1.165, 1.54) is 27.9 Å². The summed E-state index contributed by atoms with van der Waals surface area (Å²) >= 11 is 0. The second-order valence-electron chi connectivity index (χ2n) is 10.0. The van der Waals surface area contributed by atoms with Crippen molar-refractivity contribution in [3.8, 4) is 11.5 Å². The molecule has 1 saturated carbocycles. The first kappa shape index (κ1) is 34.5. The van der Waals surface area contributed by atoms with E-state index in [0.717, 1.165) is 19.8 Å². The van der Waals surface area contributed by atoms with Crippen molar-refractivity contribution in [2.24, 2.45) is 5.92 Å². The van der Waals surface area contributed by atoms with Crippen molar-refractivity contribution in [1.82, 2.24) is 0 Å². The van der Waals surface area contributed by atoms with Crippen molar-refractivity contribution < 1.29 is 57.1 Å². The molecule has 0 radical (unpaired) electrons. The van der Waals surface area contributed by atoms with Gasteiger partial charge in [-0.15, -0.1) is 0 Å². The lowest BCUT2D eigenvalue weighted by atomic mass is 9.80. The van der Waals surface area contributed by atoms with Crippen LogP contribution < -0.4 is 9.47 Å². The number of hydrogen-bond acceptors (Lipinski definition) is 12. The highest BCUT2D eigenvalue weighted by molar-refractivity contribution is 5.96. The second-order valence-corrected chi connectivity index (χ2v) is 10.0. The van der Waals surface area contributed by atoms with Gasteiger partial charge in [0.15, 0.2) is 29.5 Å². The lowest BCUT2D eigenvalue weighted by molar-refractivity contribution is -0.213. The molecule has 0 N–H and O–H groups in total. The zero-order valence-electron chi connectivity index (χ0n) is 25.2. The molecule has 12 nitrogen and oxygen atoms in total. The molecule has 0 aromatic heterocycles. The van der Waals surface area contributed by atoms with E-state index in [1.807, 2.05) is 0 Å². The van der Waals surface area contributed by atoms with Crippen LogP contribution >= 0.6 is 0 Å². The van der Waals surface area contributed by atoms with Crippen LogP contribution in [0.1, 0.15) is 77.1 Å². The fourth-order valence-corrected chi connectivity index (χ4v) is 4.68. The molecule has 0 spiro atoms. The van der Waals surface area contributed by atoms with Gasteiger partial charge in [0.2, 0.25) is 0 Å². The van der Waals surface area contributed by atoms with Gasteiger partial charge in [-0.1, -0.05) is 13.3 Å². The standard InChI is InChI=1S/C30H42O12/c1-7-8-13-37-14-9-10-24(35)22-11-12-25(26(15-22)36-6)42-27-16-23(17-38-18(2)31)28(39-19(3)32)30(41-21(5)34)29(27)40-20(4)33/h11-12,15,23,27-30H,7-10,13-14,16-17H2,1-6H3/t23-,27?,28+,29+,30+/m1/s1. The maximum atomic E-state index is 12.8. The molecule has 1 aliphatic carbocycles. The lowest BCUT2D eigenvalue weighted by Gasteiger charge is -2.44. The minimum absolute atomic E-state index is 0.0861. The van der Waals surface area contributed by atoms with Crippen LogP contribution in [-0.4, -0.2) is 81.0 Å². The fourth-order valence-electron chi connectivity index (χ4n) is 4.68. The van der Waals surface area contributed by atoms with Gasteiger partial charge < -0.3 is 33.2 Å². The van der Waals surface area contributed by atoms with Crippen LogP contribution in [0.4, 0.5) is 0 Å². The third-order valence-corrected chi connectivity index (χ3v) is 6.52. The Morgan fingerprint density at radius 1 is 0.786 bits per heavy atom. The van der Waals surface area contributed by atoms with Crippen molar-refractivity contribution in [2.45, 2.75) is 91.1 Å². The van der Waals surface area contributed by atoms with Crippen molar-refractivity contribution >= 4 is 29.7 Å². The summed E-state index contributed by atoms with van der Waals surface area (Å²) in [5.41, 5.74) is 0.424. The molecule has 234 valence electrons. The summed E-state index contributed by atoms with van der Waals surface area (Å²) in [7, 11) is 1.42. The van der Waals surface area contributed by atoms with Crippen molar-refractivity contribution in [3.63, 3.8) is 0 Å². The van der Waals surface area contributed by atoms with Crippen molar-refractivity contribution in [1.29, 1.82) is 0 Å². The van der Waals surface area contributed by atoms with Crippen LogP contribution in [0.5, 0.6) is 11.5 Å². The topological polar surface area (TPSA) is 150 Å². The number of ketones is 1. The third-order valence-electron chi connectivity index (χ3n) is 6.52. The molecule has 1 fully saturated rings. The van der Waals surface area contributed by atoms with E-state index in [1.54, 1.807) is 18.2 Å². The van der Waals surface area contributed by atoms with Gasteiger partial charge in [0.1, 0.15) is 12.2 Å². The Hall–Kier alpha value is -3.67. The number of esters is 4. The molecule has 0 bridgehead atoms. The number of ether oxygens (including phenoxy) is 7. The van der Waals surface area contributed by atoms with Gasteiger partial charge in [0.25, 0.3) is 0 Å². The molecule has 0 aliphatic heterocycles. The van der Waals surface area contributed by atoms with Crippen LogP contribution in [-0.2, 0) is 42.9 Å². The molecule has 0 amide bonds. The SMILES string of the molecule is CCCCOCCCC(=O)c1ccc(OC2C[C@H](COC(C)=O)[C@H](OC(C)=O)[C@H](OC(C)=O)[C@H]2OC(C)=O)c(OC)c1. The second kappa shape index (κ2) is 17.3. The first-order valence-electron chi connectivity index (χ1n) is 14.1. The summed E-state index contributed by atoms with van der Waals surface area (Å²) in [4.78, 5) is 60.5. The molecule has 42 heavy (non-hydrogen) atoms. The van der Waals surface area contributed by atoms with Gasteiger partial charge in [-0.25, -0.2) is 0 Å². The minimum atomic E-state index is -1.26. The van der Waals surface area contributed by atoms with E-state index in [0.29, 0.717) is 31.6 Å². The highest BCUT2D eigenvalue weighted by Gasteiger charge is 2.52. The molecular formula is C30H42O12. The van der Waals surface area contributed by atoms with E-state index >= 15 is 0 Å². The van der Waals surface area contributed by atoms with Gasteiger partial charge in [-0.3, -0.25) is 24.0 Å². The largest absolute Gasteiger partial charge is 0.493 e. The summed E-state index contributed by atoms with van der Waals surface area (Å²) in [6.07, 6.45) is -1.51. The van der Waals surface area contributed by atoms with Crippen LogP contribution in [0.25, 0.3) is 0 Å². The monoisotopic (exact) mass is 594 g/mol. The summed E-state index contributed by atoms with van der Waals surface area (Å²) < 4.78 is 39.0. The number of unbranched alkanes of at least 4 members (excludes halogenated alkanes) is 1. The Morgan fingerprint density at radius 3 is 2.00 bits per heavy atom. The molecule has 1 aromatic rings. The number of hydrogen-bond donors (Lipinski definition) is 0. The maximum absolute atomic E-state index is 12.8. The fraction of sp³-hybridized carbons (Fsp3) is 0.633. The predicted molar refractivity (Wildman–Crippen MR) is 148 cm³/mol. The number of carbonyl (C=O) groups is 5. The third kappa shape index (κ3) is 11.0. The number of benzene rings is 1. The summed E-state index contributed by atoms with van der Waals surface area (Å²) in [5.74, 6) is -2.90. The van der Waals surface area contributed by atoms with Gasteiger partial charge in [0, 0.05) is 58.8 Å². The van der Waals surface area contributed by atoms with Crippen molar-refractivity contribution in [3.05, 3.63) is 23.8 Å². The van der Waals surface area contributed by atoms with E-state index in [9.17, 15) is 24.0 Å². The van der Waals surface area contributed by atoms with E-state index in [2.05, 4.69) is 6.92 Å². The van der Waals surface area contributed by atoms with Crippen LogP contribution in [0.3, 0.4) is 0 Å². The van der Waals surface area contributed by atoms with Crippen molar-refractivity contribution in [2.75, 3.05) is 26.9 Å². The maximum Gasteiger partial charge on any atom is 0.303 e. The average molecular weight is 595 g/mol. The Kier molecular flexibility index (Phi) is 14.2. The zero-order valence-corrected chi connectivity index (χ0v) is 25.2. The van der Waals surface area contributed by atoms with E-state index in [4.69, 9.17) is 33.2 Å². The molecule has 1 unspecified atom stereocenters. The Bertz CT molecular complexity index is 1080. The van der Waals surface area contributed by atoms with Gasteiger partial charge in [-0.2, -0.15) is 0 Å². The van der Waals surface area contributed by atoms with Crippen LogP contribution in [0, 0.1) is 5.92 Å². The number of rotatable bonds is 16. The van der Waals surface area contributed by atoms with Gasteiger partial charge >= 0.3 is 23.9 Å². The molecule has 1 aromatic carbocycles.